The summed E-state index contributed by atoms with van der Waals surface area (Å²) < 4.78 is 0. The van der Waals surface area contributed by atoms with Crippen LogP contribution in [0.2, 0.25) is 0 Å². The van der Waals surface area contributed by atoms with E-state index < -0.39 is 64.3 Å². The molecule has 0 aliphatic heterocycles. The zero-order chi connectivity index (χ0) is 23.0. The number of fused-ring (bicyclic) bond motifs is 3. The first-order valence-electron chi connectivity index (χ1n) is 9.87. The molecule has 9 heteroatoms. The van der Waals surface area contributed by atoms with Crippen molar-refractivity contribution in [1.82, 2.24) is 4.90 Å². The molecule has 1 aromatic rings. The van der Waals surface area contributed by atoms with E-state index in [0.717, 1.165) is 6.08 Å². The van der Waals surface area contributed by atoms with Crippen LogP contribution in [0.3, 0.4) is 0 Å². The minimum Gasteiger partial charge on any atom is -0.508 e. The molecule has 6 atom stereocenters. The van der Waals surface area contributed by atoms with E-state index in [-0.39, 0.29) is 16.9 Å². The number of carbonyl (C=O) groups excluding carboxylic acids is 3. The van der Waals surface area contributed by atoms with Crippen LogP contribution in [0.5, 0.6) is 5.75 Å². The molecule has 1 aromatic carbocycles. The highest BCUT2D eigenvalue weighted by Crippen LogP contribution is 2.53. The van der Waals surface area contributed by atoms with Crippen molar-refractivity contribution in [3.63, 3.8) is 0 Å². The van der Waals surface area contributed by atoms with Gasteiger partial charge < -0.3 is 26.2 Å². The van der Waals surface area contributed by atoms with E-state index in [4.69, 9.17) is 5.73 Å². The smallest absolute Gasteiger partial charge is 0.255 e. The van der Waals surface area contributed by atoms with Gasteiger partial charge in [0.05, 0.1) is 17.7 Å². The predicted molar refractivity (Wildman–Crippen MR) is 108 cm³/mol. The Morgan fingerprint density at radius 1 is 1.19 bits per heavy atom. The average Bonchev–Trinajstić information content (AvgIpc) is 2.67. The van der Waals surface area contributed by atoms with Crippen molar-refractivity contribution in [3.8, 4) is 5.75 Å². The summed E-state index contributed by atoms with van der Waals surface area (Å²) in [5, 5.41) is 43.9. The number of aliphatic hydroxyl groups excluding tert-OH is 2. The molecular weight excluding hydrogens is 404 g/mol. The lowest BCUT2D eigenvalue weighted by Gasteiger charge is -2.52. The number of amides is 1. The number of aromatic hydroxyl groups is 1. The maximum Gasteiger partial charge on any atom is 0.255 e. The van der Waals surface area contributed by atoms with Gasteiger partial charge in [-0.3, -0.25) is 19.3 Å². The highest BCUT2D eigenvalue weighted by molar-refractivity contribution is 6.22. The molecule has 164 valence electrons. The summed E-state index contributed by atoms with van der Waals surface area (Å²) in [6, 6.07) is 3.47. The van der Waals surface area contributed by atoms with Gasteiger partial charge in [0.1, 0.15) is 22.7 Å². The summed E-state index contributed by atoms with van der Waals surface area (Å²) in [5.74, 6) is -6.36. The monoisotopic (exact) mass is 428 g/mol. The summed E-state index contributed by atoms with van der Waals surface area (Å²) in [5.41, 5.74) is 2.75. The first-order valence-corrected chi connectivity index (χ1v) is 9.87. The highest BCUT2D eigenvalue weighted by Gasteiger charge is 2.62. The van der Waals surface area contributed by atoms with Crippen molar-refractivity contribution >= 4 is 17.5 Å². The molecule has 1 amide bonds. The number of phenols is 1. The van der Waals surface area contributed by atoms with Crippen molar-refractivity contribution in [2.45, 2.75) is 30.6 Å². The van der Waals surface area contributed by atoms with Crippen molar-refractivity contribution < 1.29 is 34.8 Å². The normalized spacial score (nSPS) is 34.8. The lowest BCUT2D eigenvalue weighted by Crippen LogP contribution is -2.66. The van der Waals surface area contributed by atoms with Crippen molar-refractivity contribution in [2.24, 2.45) is 17.6 Å². The van der Waals surface area contributed by atoms with Gasteiger partial charge in [-0.05, 0) is 37.7 Å². The molecule has 3 aliphatic carbocycles. The lowest BCUT2D eigenvalue weighted by molar-refractivity contribution is -0.143. The first kappa shape index (κ1) is 21.2. The number of ketones is 2. The molecule has 0 saturated heterocycles. The number of primary amides is 1. The average molecular weight is 428 g/mol. The van der Waals surface area contributed by atoms with Crippen LogP contribution in [0.1, 0.15) is 28.8 Å². The molecule has 0 spiro atoms. The molecule has 0 fully saturated rings. The van der Waals surface area contributed by atoms with Gasteiger partial charge in [-0.25, -0.2) is 0 Å². The second kappa shape index (κ2) is 6.74. The number of rotatable bonds is 2. The van der Waals surface area contributed by atoms with Gasteiger partial charge in [-0.15, -0.1) is 0 Å². The van der Waals surface area contributed by atoms with E-state index in [2.05, 4.69) is 0 Å². The molecule has 0 heterocycles. The molecule has 3 aliphatic rings. The van der Waals surface area contributed by atoms with E-state index >= 15 is 0 Å². The second-order valence-electron chi connectivity index (χ2n) is 8.69. The minimum atomic E-state index is -2.38. The zero-order valence-electron chi connectivity index (χ0n) is 17.2. The largest absolute Gasteiger partial charge is 0.508 e. The van der Waals surface area contributed by atoms with Crippen LogP contribution < -0.4 is 5.73 Å². The second-order valence-corrected chi connectivity index (χ2v) is 8.69. The molecule has 0 unspecified atom stereocenters. The number of hydrogen-bond acceptors (Lipinski definition) is 8. The fraction of sp³-hybridized carbons (Fsp3) is 0.409. The Labute approximate surface area is 178 Å². The Kier molecular flexibility index (Phi) is 4.62. The number of hydrogen-bond donors (Lipinski definition) is 5. The fourth-order valence-electron chi connectivity index (χ4n) is 5.48. The predicted octanol–water partition coefficient (Wildman–Crippen LogP) is -0.233. The van der Waals surface area contributed by atoms with Crippen molar-refractivity contribution in [1.29, 1.82) is 0 Å². The van der Waals surface area contributed by atoms with Gasteiger partial charge in [-0.1, -0.05) is 19.1 Å². The van der Waals surface area contributed by atoms with E-state index in [1.807, 2.05) is 0 Å². The standard InChI is InChI=1S/C22H24N2O7/c1-8-9-5-4-6-11(25)13(9)17(26)10-7-22(31)15(18(27)12(8)10)16(24(2)3)19(28)14(20(22)29)21(23)30/h4-8,12,15-16,18,25,27,29,31H,1-3H3,(H2,23,30)/t8-,12+,15+,16-,18-,22+/m0/s1. The van der Waals surface area contributed by atoms with Gasteiger partial charge >= 0.3 is 0 Å². The molecule has 0 radical (unpaired) electrons. The Bertz CT molecular complexity index is 1090. The molecule has 31 heavy (non-hydrogen) atoms. The number of nitrogens with two attached hydrogens (primary N) is 1. The number of likely N-dealkylation sites (N-methyl/N-ethyl adjacent to an activating group) is 1. The molecule has 6 N–H and O–H groups in total. The summed E-state index contributed by atoms with van der Waals surface area (Å²) in [4.78, 5) is 39.6. The van der Waals surface area contributed by atoms with Crippen LogP contribution in [0.4, 0.5) is 0 Å². The lowest BCUT2D eigenvalue weighted by atomic mass is 9.56. The van der Waals surface area contributed by atoms with Crippen molar-refractivity contribution in [2.75, 3.05) is 14.1 Å². The quantitative estimate of drug-likeness (QED) is 0.404. The van der Waals surface area contributed by atoms with Gasteiger partial charge in [0.2, 0.25) is 0 Å². The third kappa shape index (κ3) is 2.63. The first-order chi connectivity index (χ1) is 14.4. The number of phenolic OH excluding ortho intramolecular Hbond substituents is 1. The van der Waals surface area contributed by atoms with Crippen molar-refractivity contribution in [3.05, 3.63) is 52.3 Å². The Morgan fingerprint density at radius 3 is 2.42 bits per heavy atom. The van der Waals surface area contributed by atoms with E-state index in [1.54, 1.807) is 33.2 Å². The number of benzene rings is 1. The summed E-state index contributed by atoms with van der Waals surface area (Å²) in [6.07, 6.45) is -0.322. The summed E-state index contributed by atoms with van der Waals surface area (Å²) in [7, 11) is 3.08. The fourth-order valence-corrected chi connectivity index (χ4v) is 5.48. The van der Waals surface area contributed by atoms with Gasteiger partial charge in [0.25, 0.3) is 5.91 Å². The van der Waals surface area contributed by atoms with Gasteiger partial charge in [0.15, 0.2) is 11.6 Å². The number of Topliss-reactive ketones (excluding diaryl/α,β-unsaturated/α-hetero) is 2. The minimum absolute atomic E-state index is 0.00465. The summed E-state index contributed by atoms with van der Waals surface area (Å²) in [6.45, 7) is 1.77. The van der Waals surface area contributed by atoms with Crippen LogP contribution in [-0.4, -0.2) is 74.6 Å². The topological polar surface area (TPSA) is 161 Å². The highest BCUT2D eigenvalue weighted by atomic mass is 16.3. The third-order valence-electron chi connectivity index (χ3n) is 6.85. The van der Waals surface area contributed by atoms with Crippen LogP contribution >= 0.6 is 0 Å². The van der Waals surface area contributed by atoms with E-state index in [0.29, 0.717) is 5.56 Å². The molecule has 0 aromatic heterocycles. The van der Waals surface area contributed by atoms with Crippen LogP contribution in [0.15, 0.2) is 41.2 Å². The number of carbonyl (C=O) groups is 3. The Morgan fingerprint density at radius 2 is 1.84 bits per heavy atom. The number of aliphatic hydroxyl groups is 3. The Hall–Kier alpha value is -3.01. The third-order valence-corrected chi connectivity index (χ3v) is 6.85. The maximum absolute atomic E-state index is 13.3. The van der Waals surface area contributed by atoms with Crippen LogP contribution in [-0.2, 0) is 9.59 Å². The van der Waals surface area contributed by atoms with E-state index in [9.17, 15) is 34.8 Å². The molecule has 0 bridgehead atoms. The van der Waals surface area contributed by atoms with Crippen LogP contribution in [0.25, 0.3) is 0 Å². The molecule has 0 saturated carbocycles. The SMILES string of the molecule is C[C@H]1c2cccc(O)c2C(=O)C2=C[C@]3(O)C(O)=C(C(N)=O)C(=O)[C@@H](N(C)C)[C@@H]3[C@@H](O)[C@@H]21. The maximum atomic E-state index is 13.3. The van der Waals surface area contributed by atoms with E-state index in [1.165, 1.54) is 11.0 Å². The Balaban J connectivity index is 2.02. The molecular formula is C22H24N2O7. The molecule has 4 rings (SSSR count). The van der Waals surface area contributed by atoms with Crippen LogP contribution in [0, 0.1) is 11.8 Å². The molecule has 9 nitrogen and oxygen atoms in total. The summed E-state index contributed by atoms with van der Waals surface area (Å²) >= 11 is 0. The van der Waals surface area contributed by atoms with Gasteiger partial charge in [-0.2, -0.15) is 0 Å². The zero-order valence-corrected chi connectivity index (χ0v) is 17.2. The van der Waals surface area contributed by atoms with Gasteiger partial charge in [0, 0.05) is 17.4 Å². The number of nitrogens with zero attached hydrogens (tertiary/aromatic N) is 1.